The molecule has 116 valence electrons. The van der Waals surface area contributed by atoms with Gasteiger partial charge in [0.25, 0.3) is 0 Å². The van der Waals surface area contributed by atoms with Crippen molar-refractivity contribution in [2.45, 2.75) is 25.8 Å². The topological polar surface area (TPSA) is 37.4 Å². The zero-order chi connectivity index (χ0) is 15.8. The summed E-state index contributed by atoms with van der Waals surface area (Å²) in [5.41, 5.74) is 4.37. The van der Waals surface area contributed by atoms with Gasteiger partial charge in [-0.05, 0) is 29.5 Å². The Labute approximate surface area is 135 Å². The summed E-state index contributed by atoms with van der Waals surface area (Å²) in [4.78, 5) is 27.1. The summed E-state index contributed by atoms with van der Waals surface area (Å²) in [6.45, 7) is 1.42. The van der Waals surface area contributed by atoms with Crippen molar-refractivity contribution in [1.82, 2.24) is 4.90 Å². The van der Waals surface area contributed by atoms with Crippen LogP contribution in [0.25, 0.3) is 0 Å². The van der Waals surface area contributed by atoms with Crippen molar-refractivity contribution < 1.29 is 9.59 Å². The Morgan fingerprint density at radius 2 is 1.61 bits per heavy atom. The minimum Gasteiger partial charge on any atom is -0.338 e. The number of hydrogen-bond acceptors (Lipinski definition) is 2. The molecule has 2 aliphatic rings. The van der Waals surface area contributed by atoms with Crippen LogP contribution in [0.3, 0.4) is 0 Å². The fourth-order valence-electron chi connectivity index (χ4n) is 3.76. The second-order valence-electron chi connectivity index (χ2n) is 6.46. The highest BCUT2D eigenvalue weighted by Crippen LogP contribution is 2.28. The number of Topliss-reactive ketones (excluding diaryl/α,β-unsaturated/α-hetero) is 1. The maximum absolute atomic E-state index is 12.9. The van der Waals surface area contributed by atoms with Crippen LogP contribution in [-0.4, -0.2) is 23.1 Å². The predicted octanol–water partition coefficient (Wildman–Crippen LogP) is 3.02. The maximum atomic E-state index is 12.9. The Morgan fingerprint density at radius 3 is 2.43 bits per heavy atom. The zero-order valence-electron chi connectivity index (χ0n) is 13.0. The van der Waals surface area contributed by atoms with Gasteiger partial charge >= 0.3 is 0 Å². The SMILES string of the molecule is O=C1CC(C(=O)N2CCc3ccccc3C2)Cc2ccccc21. The largest absolute Gasteiger partial charge is 0.338 e. The van der Waals surface area contributed by atoms with Gasteiger partial charge in [0.15, 0.2) is 5.78 Å². The number of amides is 1. The molecule has 0 fully saturated rings. The van der Waals surface area contributed by atoms with E-state index in [4.69, 9.17) is 0 Å². The molecule has 3 nitrogen and oxygen atoms in total. The first-order chi connectivity index (χ1) is 11.2. The second-order valence-corrected chi connectivity index (χ2v) is 6.46. The van der Waals surface area contributed by atoms with Crippen LogP contribution in [0, 0.1) is 5.92 Å². The summed E-state index contributed by atoms with van der Waals surface area (Å²) in [5, 5.41) is 0. The molecule has 0 spiro atoms. The molecular formula is C20H19NO2. The number of fused-ring (bicyclic) bond motifs is 2. The van der Waals surface area contributed by atoms with E-state index >= 15 is 0 Å². The van der Waals surface area contributed by atoms with E-state index < -0.39 is 0 Å². The molecule has 0 N–H and O–H groups in total. The van der Waals surface area contributed by atoms with Crippen LogP contribution in [0.4, 0.5) is 0 Å². The molecule has 0 saturated heterocycles. The molecule has 0 bridgehead atoms. The third-order valence-electron chi connectivity index (χ3n) is 5.01. The van der Waals surface area contributed by atoms with Gasteiger partial charge in [-0.1, -0.05) is 48.5 Å². The number of rotatable bonds is 1. The minimum atomic E-state index is -0.206. The summed E-state index contributed by atoms with van der Waals surface area (Å²) in [6.07, 6.45) is 1.92. The first-order valence-corrected chi connectivity index (χ1v) is 8.19. The molecule has 1 aliphatic heterocycles. The Bertz CT molecular complexity index is 781. The first kappa shape index (κ1) is 14.2. The first-order valence-electron chi connectivity index (χ1n) is 8.19. The molecule has 1 atom stereocenters. The molecular weight excluding hydrogens is 286 g/mol. The summed E-state index contributed by atoms with van der Waals surface area (Å²) in [6, 6.07) is 16.0. The number of carbonyl (C=O) groups is 2. The molecule has 2 aromatic rings. The van der Waals surface area contributed by atoms with Crippen LogP contribution in [0.5, 0.6) is 0 Å². The van der Waals surface area contributed by atoms with E-state index in [1.807, 2.05) is 41.3 Å². The average Bonchev–Trinajstić information content (AvgIpc) is 2.60. The predicted molar refractivity (Wildman–Crippen MR) is 88.1 cm³/mol. The van der Waals surface area contributed by atoms with Gasteiger partial charge in [-0.15, -0.1) is 0 Å². The fraction of sp³-hybridized carbons (Fsp3) is 0.300. The van der Waals surface area contributed by atoms with Crippen LogP contribution in [0.15, 0.2) is 48.5 Å². The van der Waals surface area contributed by atoms with E-state index in [-0.39, 0.29) is 17.6 Å². The molecule has 0 saturated carbocycles. The van der Waals surface area contributed by atoms with Crippen LogP contribution in [0.2, 0.25) is 0 Å². The molecule has 1 heterocycles. The summed E-state index contributed by atoms with van der Waals surface area (Å²) in [5.74, 6) is 0.0210. The van der Waals surface area contributed by atoms with Crippen molar-refractivity contribution in [2.24, 2.45) is 5.92 Å². The normalized spacial score (nSPS) is 19.9. The molecule has 1 aliphatic carbocycles. The number of nitrogens with zero attached hydrogens (tertiary/aromatic N) is 1. The number of ketones is 1. The minimum absolute atomic E-state index is 0.0996. The van der Waals surface area contributed by atoms with Gasteiger partial charge in [0.05, 0.1) is 0 Å². The molecule has 2 aromatic carbocycles. The van der Waals surface area contributed by atoms with Gasteiger partial charge in [0.1, 0.15) is 0 Å². The molecule has 4 rings (SSSR count). The van der Waals surface area contributed by atoms with Gasteiger partial charge in [-0.3, -0.25) is 9.59 Å². The summed E-state index contributed by atoms with van der Waals surface area (Å²) in [7, 11) is 0. The van der Waals surface area contributed by atoms with Crippen molar-refractivity contribution in [2.75, 3.05) is 6.54 Å². The summed E-state index contributed by atoms with van der Waals surface area (Å²) < 4.78 is 0. The number of benzene rings is 2. The van der Waals surface area contributed by atoms with E-state index in [9.17, 15) is 9.59 Å². The lowest BCUT2D eigenvalue weighted by Crippen LogP contribution is -2.42. The molecule has 0 radical (unpaired) electrons. The van der Waals surface area contributed by atoms with Crippen molar-refractivity contribution in [3.63, 3.8) is 0 Å². The van der Waals surface area contributed by atoms with E-state index in [2.05, 4.69) is 12.1 Å². The van der Waals surface area contributed by atoms with E-state index in [0.29, 0.717) is 19.4 Å². The summed E-state index contributed by atoms with van der Waals surface area (Å²) >= 11 is 0. The van der Waals surface area contributed by atoms with Gasteiger partial charge in [0.2, 0.25) is 5.91 Å². The van der Waals surface area contributed by atoms with Gasteiger partial charge in [-0.25, -0.2) is 0 Å². The Morgan fingerprint density at radius 1 is 0.913 bits per heavy atom. The lowest BCUT2D eigenvalue weighted by Gasteiger charge is -2.33. The van der Waals surface area contributed by atoms with Gasteiger partial charge < -0.3 is 4.90 Å². The Hall–Kier alpha value is -2.42. The Balaban J connectivity index is 1.54. The molecule has 0 aromatic heterocycles. The van der Waals surface area contributed by atoms with Gasteiger partial charge in [0, 0.05) is 31.0 Å². The number of carbonyl (C=O) groups excluding carboxylic acids is 2. The third kappa shape index (κ3) is 2.56. The third-order valence-corrected chi connectivity index (χ3v) is 5.01. The van der Waals surface area contributed by atoms with Crippen molar-refractivity contribution in [3.05, 3.63) is 70.8 Å². The van der Waals surface area contributed by atoms with Crippen molar-refractivity contribution >= 4 is 11.7 Å². The molecule has 3 heteroatoms. The van der Waals surface area contributed by atoms with Crippen LogP contribution in [-0.2, 0) is 24.2 Å². The molecule has 1 unspecified atom stereocenters. The smallest absolute Gasteiger partial charge is 0.226 e. The van der Waals surface area contributed by atoms with E-state index in [0.717, 1.165) is 24.1 Å². The van der Waals surface area contributed by atoms with Crippen LogP contribution >= 0.6 is 0 Å². The van der Waals surface area contributed by atoms with E-state index in [1.54, 1.807) is 0 Å². The van der Waals surface area contributed by atoms with Crippen LogP contribution in [0.1, 0.15) is 33.5 Å². The van der Waals surface area contributed by atoms with Crippen LogP contribution < -0.4 is 0 Å². The van der Waals surface area contributed by atoms with Crippen molar-refractivity contribution in [3.8, 4) is 0 Å². The van der Waals surface area contributed by atoms with E-state index in [1.165, 1.54) is 11.1 Å². The average molecular weight is 305 g/mol. The number of hydrogen-bond donors (Lipinski definition) is 0. The highest BCUT2D eigenvalue weighted by Gasteiger charge is 2.33. The Kier molecular flexibility index (Phi) is 3.49. The fourth-order valence-corrected chi connectivity index (χ4v) is 3.76. The monoisotopic (exact) mass is 305 g/mol. The molecule has 23 heavy (non-hydrogen) atoms. The highest BCUT2D eigenvalue weighted by molar-refractivity contribution is 6.01. The quantitative estimate of drug-likeness (QED) is 0.812. The maximum Gasteiger partial charge on any atom is 0.226 e. The van der Waals surface area contributed by atoms with Gasteiger partial charge in [-0.2, -0.15) is 0 Å². The lowest BCUT2D eigenvalue weighted by atomic mass is 9.82. The lowest BCUT2D eigenvalue weighted by molar-refractivity contribution is -0.136. The molecule has 1 amide bonds. The standard InChI is InChI=1S/C20H19NO2/c22-19-12-17(11-15-6-3-4-8-18(15)19)20(23)21-10-9-14-5-1-2-7-16(14)13-21/h1-8,17H,9-13H2. The van der Waals surface area contributed by atoms with Crippen molar-refractivity contribution in [1.29, 1.82) is 0 Å². The zero-order valence-corrected chi connectivity index (χ0v) is 13.0. The highest BCUT2D eigenvalue weighted by atomic mass is 16.2. The second kappa shape index (κ2) is 5.65.